The summed E-state index contributed by atoms with van der Waals surface area (Å²) in [5.41, 5.74) is 1.43. The molecule has 0 aliphatic rings. The number of esters is 1. The molecule has 29 heavy (non-hydrogen) atoms. The zero-order valence-corrected chi connectivity index (χ0v) is 17.0. The van der Waals surface area contributed by atoms with Crippen LogP contribution in [0.4, 0.5) is 5.69 Å². The van der Waals surface area contributed by atoms with Crippen LogP contribution in [0.15, 0.2) is 89.4 Å². The molecule has 0 aliphatic heterocycles. The number of ether oxygens (including phenoxy) is 2. The summed E-state index contributed by atoms with van der Waals surface area (Å²) in [5.74, 6) is 0.364. The van der Waals surface area contributed by atoms with Crippen LogP contribution < -0.4 is 10.1 Å². The lowest BCUT2D eigenvalue weighted by Crippen LogP contribution is -2.20. The Morgan fingerprint density at radius 2 is 1.62 bits per heavy atom. The maximum atomic E-state index is 12.0. The van der Waals surface area contributed by atoms with Gasteiger partial charge in [0, 0.05) is 16.2 Å². The van der Waals surface area contributed by atoms with Gasteiger partial charge in [-0.3, -0.25) is 4.79 Å². The molecule has 3 aromatic carbocycles. The van der Waals surface area contributed by atoms with Crippen molar-refractivity contribution in [2.45, 2.75) is 0 Å². The van der Waals surface area contributed by atoms with Gasteiger partial charge in [0.15, 0.2) is 6.61 Å². The van der Waals surface area contributed by atoms with Crippen LogP contribution in [-0.2, 0) is 14.3 Å². The van der Waals surface area contributed by atoms with Crippen molar-refractivity contribution in [2.75, 3.05) is 11.9 Å². The van der Waals surface area contributed by atoms with Crippen molar-refractivity contribution in [3.63, 3.8) is 0 Å². The van der Waals surface area contributed by atoms with E-state index in [2.05, 4.69) is 21.2 Å². The second-order valence-electron chi connectivity index (χ2n) is 5.98. The number of nitrogens with one attached hydrogen (secondary N) is 1. The van der Waals surface area contributed by atoms with Crippen molar-refractivity contribution in [3.05, 3.63) is 95.0 Å². The molecule has 146 valence electrons. The molecule has 0 spiro atoms. The van der Waals surface area contributed by atoms with E-state index in [1.54, 1.807) is 30.3 Å². The lowest BCUT2D eigenvalue weighted by molar-refractivity contribution is -0.142. The average Bonchev–Trinajstić information content (AvgIpc) is 2.73. The van der Waals surface area contributed by atoms with Crippen LogP contribution in [0.5, 0.6) is 11.5 Å². The van der Waals surface area contributed by atoms with Gasteiger partial charge in [-0.25, -0.2) is 4.79 Å². The number of para-hydroxylation sites is 1. The highest BCUT2D eigenvalue weighted by molar-refractivity contribution is 9.10. The first kappa shape index (κ1) is 20.4. The van der Waals surface area contributed by atoms with Crippen molar-refractivity contribution in [1.82, 2.24) is 0 Å². The third-order valence-electron chi connectivity index (χ3n) is 3.72. The van der Waals surface area contributed by atoms with Crippen LogP contribution in [-0.4, -0.2) is 18.5 Å². The number of rotatable bonds is 7. The molecule has 0 saturated heterocycles. The summed E-state index contributed by atoms with van der Waals surface area (Å²) in [6.07, 6.45) is 2.90. The molecule has 6 heteroatoms. The highest BCUT2D eigenvalue weighted by atomic mass is 79.9. The summed E-state index contributed by atoms with van der Waals surface area (Å²) in [6.45, 7) is -0.371. The van der Waals surface area contributed by atoms with Crippen LogP contribution in [0.3, 0.4) is 0 Å². The van der Waals surface area contributed by atoms with E-state index in [1.165, 1.54) is 6.08 Å². The average molecular weight is 452 g/mol. The summed E-state index contributed by atoms with van der Waals surface area (Å²) in [5, 5.41) is 2.67. The van der Waals surface area contributed by atoms with Gasteiger partial charge >= 0.3 is 5.97 Å². The molecular formula is C23H18BrNO4. The Bertz CT molecular complexity index is 1000. The maximum absolute atomic E-state index is 12.0. The Balaban J connectivity index is 1.44. The molecule has 3 rings (SSSR count). The minimum absolute atomic E-state index is 0.371. The van der Waals surface area contributed by atoms with E-state index in [0.717, 1.165) is 15.8 Å². The SMILES string of the molecule is O=C(COC(=O)/C=C/c1cccc(Br)c1)Nc1ccc(Oc2ccccc2)cc1. The second-order valence-corrected chi connectivity index (χ2v) is 6.90. The largest absolute Gasteiger partial charge is 0.457 e. The zero-order chi connectivity index (χ0) is 20.5. The van der Waals surface area contributed by atoms with E-state index in [-0.39, 0.29) is 6.61 Å². The topological polar surface area (TPSA) is 64.6 Å². The number of hydrogen-bond donors (Lipinski definition) is 1. The molecule has 0 heterocycles. The van der Waals surface area contributed by atoms with E-state index >= 15 is 0 Å². The first-order valence-electron chi connectivity index (χ1n) is 8.82. The molecule has 1 N–H and O–H groups in total. The Morgan fingerprint density at radius 3 is 2.34 bits per heavy atom. The van der Waals surface area contributed by atoms with Gasteiger partial charge in [0.1, 0.15) is 11.5 Å². The molecule has 0 unspecified atom stereocenters. The quantitative estimate of drug-likeness (QED) is 0.383. The molecule has 0 saturated carbocycles. The Morgan fingerprint density at radius 1 is 0.897 bits per heavy atom. The predicted molar refractivity (Wildman–Crippen MR) is 116 cm³/mol. The lowest BCUT2D eigenvalue weighted by Gasteiger charge is -2.08. The summed E-state index contributed by atoms with van der Waals surface area (Å²) in [4.78, 5) is 23.7. The lowest BCUT2D eigenvalue weighted by atomic mass is 10.2. The van der Waals surface area contributed by atoms with Gasteiger partial charge in [-0.1, -0.05) is 46.3 Å². The summed E-state index contributed by atoms with van der Waals surface area (Å²) >= 11 is 3.36. The van der Waals surface area contributed by atoms with Crippen LogP contribution in [0.1, 0.15) is 5.56 Å². The first-order valence-corrected chi connectivity index (χ1v) is 9.61. The third-order valence-corrected chi connectivity index (χ3v) is 4.22. The van der Waals surface area contributed by atoms with E-state index in [9.17, 15) is 9.59 Å². The zero-order valence-electron chi connectivity index (χ0n) is 15.4. The molecule has 3 aromatic rings. The van der Waals surface area contributed by atoms with Crippen LogP contribution in [0, 0.1) is 0 Å². The highest BCUT2D eigenvalue weighted by Gasteiger charge is 2.06. The molecule has 0 bridgehead atoms. The Labute approximate surface area is 177 Å². The number of carbonyl (C=O) groups excluding carboxylic acids is 2. The third kappa shape index (κ3) is 6.93. The van der Waals surface area contributed by atoms with Crippen LogP contribution in [0.2, 0.25) is 0 Å². The number of hydrogen-bond acceptors (Lipinski definition) is 4. The van der Waals surface area contributed by atoms with Gasteiger partial charge < -0.3 is 14.8 Å². The second kappa shape index (κ2) is 10.2. The first-order chi connectivity index (χ1) is 14.1. The van der Waals surface area contributed by atoms with Crippen molar-refractivity contribution in [2.24, 2.45) is 0 Å². The minimum atomic E-state index is -0.591. The number of carbonyl (C=O) groups is 2. The number of amides is 1. The maximum Gasteiger partial charge on any atom is 0.331 e. The normalized spacial score (nSPS) is 10.5. The monoisotopic (exact) mass is 451 g/mol. The van der Waals surface area contributed by atoms with E-state index in [4.69, 9.17) is 9.47 Å². The molecule has 1 amide bonds. The number of benzene rings is 3. The van der Waals surface area contributed by atoms with Crippen molar-refractivity contribution in [1.29, 1.82) is 0 Å². The Hall–Kier alpha value is -3.38. The van der Waals surface area contributed by atoms with Crippen molar-refractivity contribution < 1.29 is 19.1 Å². The number of halogens is 1. The van der Waals surface area contributed by atoms with Crippen LogP contribution in [0.25, 0.3) is 6.08 Å². The smallest absolute Gasteiger partial charge is 0.331 e. The van der Waals surface area contributed by atoms with Gasteiger partial charge in [-0.2, -0.15) is 0 Å². The molecule has 5 nitrogen and oxygen atoms in total. The standard InChI is InChI=1S/C23H18BrNO4/c24-18-6-4-5-17(15-18)9-14-23(27)28-16-22(26)25-19-10-12-21(13-11-19)29-20-7-2-1-3-8-20/h1-15H,16H2,(H,25,26)/b14-9+. The van der Waals surface area contributed by atoms with E-state index in [0.29, 0.717) is 11.4 Å². The van der Waals surface area contributed by atoms with Gasteiger partial charge in [0.05, 0.1) is 0 Å². The van der Waals surface area contributed by atoms with Gasteiger partial charge in [0.25, 0.3) is 5.91 Å². The molecule has 0 fully saturated rings. The van der Waals surface area contributed by atoms with Crippen LogP contribution >= 0.6 is 15.9 Å². The van der Waals surface area contributed by atoms with Crippen molar-refractivity contribution in [3.8, 4) is 11.5 Å². The molecule has 0 atom stereocenters. The summed E-state index contributed by atoms with van der Waals surface area (Å²) in [6, 6.07) is 23.8. The van der Waals surface area contributed by atoms with E-state index in [1.807, 2.05) is 54.6 Å². The fourth-order valence-electron chi connectivity index (χ4n) is 2.39. The highest BCUT2D eigenvalue weighted by Crippen LogP contribution is 2.22. The molecule has 0 aliphatic carbocycles. The number of anilines is 1. The van der Waals surface area contributed by atoms with Crippen molar-refractivity contribution >= 4 is 39.6 Å². The molecular weight excluding hydrogens is 434 g/mol. The van der Waals surface area contributed by atoms with E-state index < -0.39 is 11.9 Å². The minimum Gasteiger partial charge on any atom is -0.457 e. The van der Waals surface area contributed by atoms with Gasteiger partial charge in [-0.05, 0) is 60.2 Å². The summed E-state index contributed by atoms with van der Waals surface area (Å²) < 4.78 is 11.6. The molecule has 0 aromatic heterocycles. The fourth-order valence-corrected chi connectivity index (χ4v) is 2.80. The van der Waals surface area contributed by atoms with Gasteiger partial charge in [-0.15, -0.1) is 0 Å². The predicted octanol–water partition coefficient (Wildman–Crippen LogP) is 5.44. The Kier molecular flexibility index (Phi) is 7.19. The fraction of sp³-hybridized carbons (Fsp3) is 0.0435. The molecule has 0 radical (unpaired) electrons. The van der Waals surface area contributed by atoms with Gasteiger partial charge in [0.2, 0.25) is 0 Å². The summed E-state index contributed by atoms with van der Waals surface area (Å²) in [7, 11) is 0.